The number of anilines is 2. The standard InChI is InChI=1S/C21H20N2O7/c1-28-16-9-14(10-17(11-16)29-2)22-18(24)12-30-21(27)13-3-5-15(6-4-13)23-19(25)7-8-20(23)26/h3-6,9-11H,7-8,12H2,1-2H3,(H,22,24). The minimum Gasteiger partial charge on any atom is -0.497 e. The van der Waals surface area contributed by atoms with Crippen molar-refractivity contribution in [2.45, 2.75) is 12.8 Å². The maximum Gasteiger partial charge on any atom is 0.338 e. The second kappa shape index (κ2) is 9.08. The normalized spacial score (nSPS) is 13.2. The predicted molar refractivity (Wildman–Crippen MR) is 107 cm³/mol. The molecule has 0 aliphatic carbocycles. The average molecular weight is 412 g/mol. The summed E-state index contributed by atoms with van der Waals surface area (Å²) in [7, 11) is 2.98. The van der Waals surface area contributed by atoms with E-state index in [-0.39, 0.29) is 30.2 Å². The van der Waals surface area contributed by atoms with Crippen LogP contribution in [0.25, 0.3) is 0 Å². The van der Waals surface area contributed by atoms with Gasteiger partial charge in [-0.1, -0.05) is 0 Å². The van der Waals surface area contributed by atoms with Crippen LogP contribution in [0, 0.1) is 0 Å². The molecule has 1 heterocycles. The van der Waals surface area contributed by atoms with Gasteiger partial charge in [0.2, 0.25) is 11.8 Å². The second-order valence-corrected chi connectivity index (χ2v) is 6.40. The summed E-state index contributed by atoms with van der Waals surface area (Å²) in [4.78, 5) is 48.9. The van der Waals surface area contributed by atoms with Gasteiger partial charge >= 0.3 is 5.97 Å². The van der Waals surface area contributed by atoms with Crippen molar-refractivity contribution in [1.29, 1.82) is 0 Å². The number of rotatable bonds is 7. The quantitative estimate of drug-likeness (QED) is 0.548. The van der Waals surface area contributed by atoms with Crippen LogP contribution in [0.3, 0.4) is 0 Å². The Bertz CT molecular complexity index is 947. The highest BCUT2D eigenvalue weighted by Gasteiger charge is 2.30. The monoisotopic (exact) mass is 412 g/mol. The largest absolute Gasteiger partial charge is 0.497 e. The molecule has 1 aliphatic rings. The third-order valence-corrected chi connectivity index (χ3v) is 4.38. The van der Waals surface area contributed by atoms with Crippen molar-refractivity contribution in [3.05, 3.63) is 48.0 Å². The molecule has 9 heteroatoms. The third-order valence-electron chi connectivity index (χ3n) is 4.38. The first-order valence-electron chi connectivity index (χ1n) is 9.07. The maximum absolute atomic E-state index is 12.2. The summed E-state index contributed by atoms with van der Waals surface area (Å²) in [6, 6.07) is 10.7. The molecule has 0 bridgehead atoms. The van der Waals surface area contributed by atoms with Crippen LogP contribution in [0.15, 0.2) is 42.5 Å². The summed E-state index contributed by atoms with van der Waals surface area (Å²) in [6.07, 6.45) is 0.355. The summed E-state index contributed by atoms with van der Waals surface area (Å²) < 4.78 is 15.3. The molecule has 0 saturated carbocycles. The first-order chi connectivity index (χ1) is 14.4. The van der Waals surface area contributed by atoms with Crippen molar-refractivity contribution in [2.24, 2.45) is 0 Å². The van der Waals surface area contributed by atoms with E-state index in [2.05, 4.69) is 5.32 Å². The molecule has 30 heavy (non-hydrogen) atoms. The summed E-state index contributed by atoms with van der Waals surface area (Å²) >= 11 is 0. The molecule has 3 amide bonds. The molecule has 1 saturated heterocycles. The van der Waals surface area contributed by atoms with Gasteiger partial charge in [-0.3, -0.25) is 19.3 Å². The van der Waals surface area contributed by atoms with Crippen molar-refractivity contribution in [3.8, 4) is 11.5 Å². The zero-order valence-electron chi connectivity index (χ0n) is 16.5. The molecular weight excluding hydrogens is 392 g/mol. The van der Waals surface area contributed by atoms with Gasteiger partial charge in [0.1, 0.15) is 11.5 Å². The van der Waals surface area contributed by atoms with E-state index < -0.39 is 18.5 Å². The van der Waals surface area contributed by atoms with Crippen molar-refractivity contribution >= 4 is 35.1 Å². The Balaban J connectivity index is 1.57. The summed E-state index contributed by atoms with van der Waals surface area (Å²) in [5.74, 6) is -0.807. The Kier molecular flexibility index (Phi) is 6.31. The highest BCUT2D eigenvalue weighted by Crippen LogP contribution is 2.26. The van der Waals surface area contributed by atoms with E-state index in [9.17, 15) is 19.2 Å². The topological polar surface area (TPSA) is 111 Å². The number of amides is 3. The molecule has 0 atom stereocenters. The van der Waals surface area contributed by atoms with Crippen LogP contribution in [0.1, 0.15) is 23.2 Å². The van der Waals surface area contributed by atoms with E-state index in [0.717, 1.165) is 4.90 Å². The molecule has 1 fully saturated rings. The molecular formula is C21H20N2O7. The molecule has 9 nitrogen and oxygen atoms in total. The summed E-state index contributed by atoms with van der Waals surface area (Å²) in [5, 5.41) is 2.60. The van der Waals surface area contributed by atoms with E-state index in [1.807, 2.05) is 0 Å². The van der Waals surface area contributed by atoms with Gasteiger partial charge in [0.15, 0.2) is 6.61 Å². The fraction of sp³-hybridized carbons (Fsp3) is 0.238. The fourth-order valence-corrected chi connectivity index (χ4v) is 2.90. The number of methoxy groups -OCH3 is 2. The third kappa shape index (κ3) is 4.75. The van der Waals surface area contributed by atoms with Gasteiger partial charge in [0.25, 0.3) is 5.91 Å². The molecule has 3 rings (SSSR count). The van der Waals surface area contributed by atoms with Crippen LogP contribution >= 0.6 is 0 Å². The molecule has 0 spiro atoms. The number of carbonyl (C=O) groups is 4. The van der Waals surface area contributed by atoms with Crippen LogP contribution in [-0.2, 0) is 19.1 Å². The Labute approximate surface area is 172 Å². The molecule has 2 aromatic carbocycles. The van der Waals surface area contributed by atoms with Crippen LogP contribution in [0.5, 0.6) is 11.5 Å². The van der Waals surface area contributed by atoms with E-state index in [4.69, 9.17) is 14.2 Å². The lowest BCUT2D eigenvalue weighted by atomic mass is 10.2. The number of ether oxygens (including phenoxy) is 3. The summed E-state index contributed by atoms with van der Waals surface area (Å²) in [6.45, 7) is -0.497. The van der Waals surface area contributed by atoms with Crippen molar-refractivity contribution < 1.29 is 33.4 Å². The number of esters is 1. The number of carbonyl (C=O) groups excluding carboxylic acids is 4. The Morgan fingerprint density at radius 2 is 1.50 bits per heavy atom. The van der Waals surface area contributed by atoms with Crippen molar-refractivity contribution in [1.82, 2.24) is 0 Å². The second-order valence-electron chi connectivity index (χ2n) is 6.40. The number of imide groups is 1. The van der Waals surface area contributed by atoms with Gasteiger partial charge in [-0.15, -0.1) is 0 Å². The number of hydrogen-bond donors (Lipinski definition) is 1. The highest BCUT2D eigenvalue weighted by molar-refractivity contribution is 6.19. The minimum absolute atomic E-state index is 0.177. The Morgan fingerprint density at radius 3 is 2.03 bits per heavy atom. The van der Waals surface area contributed by atoms with Gasteiger partial charge in [-0.2, -0.15) is 0 Å². The first-order valence-corrected chi connectivity index (χ1v) is 9.07. The van der Waals surface area contributed by atoms with E-state index in [1.165, 1.54) is 38.5 Å². The molecule has 1 N–H and O–H groups in total. The Morgan fingerprint density at radius 1 is 0.933 bits per heavy atom. The lowest BCUT2D eigenvalue weighted by Gasteiger charge is -2.14. The van der Waals surface area contributed by atoms with E-state index >= 15 is 0 Å². The van der Waals surface area contributed by atoms with Crippen LogP contribution in [0.2, 0.25) is 0 Å². The highest BCUT2D eigenvalue weighted by atomic mass is 16.5. The number of nitrogens with zero attached hydrogens (tertiary/aromatic N) is 1. The smallest absolute Gasteiger partial charge is 0.338 e. The van der Waals surface area contributed by atoms with Crippen molar-refractivity contribution in [3.63, 3.8) is 0 Å². The molecule has 0 aromatic heterocycles. The SMILES string of the molecule is COc1cc(NC(=O)COC(=O)c2ccc(N3C(=O)CCC3=O)cc2)cc(OC)c1. The van der Waals surface area contributed by atoms with Gasteiger partial charge in [0.05, 0.1) is 25.5 Å². The molecule has 0 radical (unpaired) electrons. The maximum atomic E-state index is 12.2. The lowest BCUT2D eigenvalue weighted by molar-refractivity contribution is -0.121. The lowest BCUT2D eigenvalue weighted by Crippen LogP contribution is -2.28. The average Bonchev–Trinajstić information content (AvgIpc) is 3.09. The van der Waals surface area contributed by atoms with Gasteiger partial charge < -0.3 is 19.5 Å². The van der Waals surface area contributed by atoms with Gasteiger partial charge in [0, 0.05) is 36.7 Å². The van der Waals surface area contributed by atoms with Gasteiger partial charge in [-0.05, 0) is 24.3 Å². The number of nitrogens with one attached hydrogen (secondary N) is 1. The zero-order valence-corrected chi connectivity index (χ0v) is 16.5. The molecule has 2 aromatic rings. The fourth-order valence-electron chi connectivity index (χ4n) is 2.90. The van der Waals surface area contributed by atoms with Crippen LogP contribution in [0.4, 0.5) is 11.4 Å². The van der Waals surface area contributed by atoms with Crippen LogP contribution in [-0.4, -0.2) is 44.5 Å². The number of hydrogen-bond acceptors (Lipinski definition) is 7. The predicted octanol–water partition coefficient (Wildman–Crippen LogP) is 2.15. The van der Waals surface area contributed by atoms with Gasteiger partial charge in [-0.25, -0.2) is 4.79 Å². The minimum atomic E-state index is -0.709. The Hall–Kier alpha value is -3.88. The van der Waals surface area contributed by atoms with E-state index in [1.54, 1.807) is 18.2 Å². The number of benzene rings is 2. The molecule has 0 unspecified atom stereocenters. The molecule has 156 valence electrons. The van der Waals surface area contributed by atoms with Crippen molar-refractivity contribution in [2.75, 3.05) is 31.0 Å². The summed E-state index contributed by atoms with van der Waals surface area (Å²) in [5.41, 5.74) is 1.01. The zero-order chi connectivity index (χ0) is 21.7. The van der Waals surface area contributed by atoms with Crippen LogP contribution < -0.4 is 19.7 Å². The first kappa shape index (κ1) is 20.8. The molecule has 1 aliphatic heterocycles. The van der Waals surface area contributed by atoms with E-state index in [0.29, 0.717) is 22.9 Å².